The molecule has 0 radical (unpaired) electrons. The fourth-order valence-electron chi connectivity index (χ4n) is 3.81. The third kappa shape index (κ3) is 4.07. The van der Waals surface area contributed by atoms with E-state index >= 15 is 0 Å². The van der Waals surface area contributed by atoms with Gasteiger partial charge in [-0.2, -0.15) is 10.2 Å². The van der Waals surface area contributed by atoms with Crippen molar-refractivity contribution in [3.05, 3.63) is 42.5 Å². The number of carbonyl (C=O) groups excluding carboxylic acids is 1. The number of ether oxygens (including phenoxy) is 2. The summed E-state index contributed by atoms with van der Waals surface area (Å²) in [5.41, 5.74) is 2.65. The van der Waals surface area contributed by atoms with E-state index in [1.54, 1.807) is 12.4 Å². The zero-order chi connectivity index (χ0) is 20.8. The largest absolute Gasteiger partial charge is 0.443 e. The molecule has 152 valence electrons. The van der Waals surface area contributed by atoms with Crippen LogP contribution < -0.4 is 5.32 Å². The molecule has 29 heavy (non-hydrogen) atoms. The highest BCUT2D eigenvalue weighted by molar-refractivity contribution is 5.84. The fourth-order valence-corrected chi connectivity index (χ4v) is 3.81. The SMILES string of the molecule is Cc1cc(-c2ccc3nc(NC(=O)OC4CC(C)(C)OC4(C)C)cn3c2)cnn1. The molecule has 1 amide bonds. The van der Waals surface area contributed by atoms with Gasteiger partial charge in [-0.3, -0.25) is 5.32 Å². The van der Waals surface area contributed by atoms with Crippen LogP contribution in [0.5, 0.6) is 0 Å². The molecule has 1 aliphatic rings. The Kier molecular flexibility index (Phi) is 4.53. The van der Waals surface area contributed by atoms with Crippen molar-refractivity contribution >= 4 is 17.6 Å². The maximum Gasteiger partial charge on any atom is 0.413 e. The molecular weight excluding hydrogens is 370 g/mol. The minimum Gasteiger partial charge on any atom is -0.443 e. The van der Waals surface area contributed by atoms with Crippen molar-refractivity contribution in [2.75, 3.05) is 5.32 Å². The predicted molar refractivity (Wildman–Crippen MR) is 109 cm³/mol. The van der Waals surface area contributed by atoms with Gasteiger partial charge in [-0.25, -0.2) is 9.78 Å². The lowest BCUT2D eigenvalue weighted by atomic mass is 9.97. The molecule has 0 aliphatic carbocycles. The summed E-state index contributed by atoms with van der Waals surface area (Å²) < 4.78 is 13.5. The zero-order valence-electron chi connectivity index (χ0n) is 17.3. The molecule has 4 rings (SSSR count). The first kappa shape index (κ1) is 19.3. The first-order valence-electron chi connectivity index (χ1n) is 9.58. The second-order valence-electron chi connectivity index (χ2n) is 8.58. The van der Waals surface area contributed by atoms with Crippen molar-refractivity contribution in [1.82, 2.24) is 19.6 Å². The number of nitrogens with zero attached hydrogens (tertiary/aromatic N) is 4. The summed E-state index contributed by atoms with van der Waals surface area (Å²) in [6, 6.07) is 5.81. The Morgan fingerprint density at radius 1 is 1.24 bits per heavy atom. The number of amides is 1. The van der Waals surface area contributed by atoms with E-state index in [-0.39, 0.29) is 11.7 Å². The molecule has 0 saturated carbocycles. The van der Waals surface area contributed by atoms with E-state index in [0.717, 1.165) is 16.8 Å². The molecular formula is C21H25N5O3. The van der Waals surface area contributed by atoms with Crippen LogP contribution in [0.25, 0.3) is 16.8 Å². The van der Waals surface area contributed by atoms with Crippen LogP contribution in [0.3, 0.4) is 0 Å². The van der Waals surface area contributed by atoms with Gasteiger partial charge in [0, 0.05) is 23.7 Å². The van der Waals surface area contributed by atoms with E-state index in [1.165, 1.54) is 0 Å². The fraction of sp³-hybridized carbons (Fsp3) is 0.429. The predicted octanol–water partition coefficient (Wildman–Crippen LogP) is 3.99. The molecule has 4 heterocycles. The monoisotopic (exact) mass is 395 g/mol. The van der Waals surface area contributed by atoms with E-state index in [2.05, 4.69) is 20.5 Å². The Morgan fingerprint density at radius 2 is 2.03 bits per heavy atom. The van der Waals surface area contributed by atoms with Gasteiger partial charge in [-0.1, -0.05) is 0 Å². The Bertz CT molecular complexity index is 1070. The standard InChI is InChI=1S/C21H25N5O3/c1-13-8-15(10-22-25-13)14-6-7-18-23-17(12-26(18)11-14)24-19(27)28-16-9-20(2,3)29-21(16,4)5/h6-8,10-12,16H,9H2,1-5H3,(H,24,27). The van der Waals surface area contributed by atoms with E-state index in [1.807, 2.05) is 63.4 Å². The normalized spacial score (nSPS) is 20.0. The van der Waals surface area contributed by atoms with Crippen LogP contribution in [-0.2, 0) is 9.47 Å². The van der Waals surface area contributed by atoms with Gasteiger partial charge in [-0.05, 0) is 52.8 Å². The number of anilines is 1. The van der Waals surface area contributed by atoms with Gasteiger partial charge in [0.15, 0.2) is 5.82 Å². The van der Waals surface area contributed by atoms with Crippen LogP contribution in [0.1, 0.15) is 39.8 Å². The molecule has 0 spiro atoms. The Balaban J connectivity index is 1.49. The molecule has 1 saturated heterocycles. The molecule has 8 nitrogen and oxygen atoms in total. The first-order chi connectivity index (χ1) is 13.6. The van der Waals surface area contributed by atoms with Crippen molar-refractivity contribution in [3.8, 4) is 11.1 Å². The number of carbonyl (C=O) groups is 1. The molecule has 3 aromatic rings. The number of hydrogen-bond donors (Lipinski definition) is 1. The number of pyridine rings is 1. The third-order valence-corrected chi connectivity index (χ3v) is 5.03. The lowest BCUT2D eigenvalue weighted by Gasteiger charge is -2.26. The maximum atomic E-state index is 12.4. The molecule has 1 N–H and O–H groups in total. The number of rotatable bonds is 3. The molecule has 3 aromatic heterocycles. The number of nitrogens with one attached hydrogen (secondary N) is 1. The lowest BCUT2D eigenvalue weighted by Crippen LogP contribution is -2.37. The van der Waals surface area contributed by atoms with E-state index in [4.69, 9.17) is 9.47 Å². The molecule has 1 fully saturated rings. The quantitative estimate of drug-likeness (QED) is 0.721. The van der Waals surface area contributed by atoms with E-state index in [9.17, 15) is 4.79 Å². The van der Waals surface area contributed by atoms with Gasteiger partial charge in [0.05, 0.1) is 23.7 Å². The minimum atomic E-state index is -0.540. The molecule has 8 heteroatoms. The van der Waals surface area contributed by atoms with Crippen LogP contribution in [0.4, 0.5) is 10.6 Å². The van der Waals surface area contributed by atoms with E-state index in [0.29, 0.717) is 17.9 Å². The van der Waals surface area contributed by atoms with Crippen molar-refractivity contribution in [3.63, 3.8) is 0 Å². The topological polar surface area (TPSA) is 90.6 Å². The number of fused-ring (bicyclic) bond motifs is 1. The summed E-state index contributed by atoms with van der Waals surface area (Å²) in [6.45, 7) is 9.76. The summed E-state index contributed by atoms with van der Waals surface area (Å²) >= 11 is 0. The van der Waals surface area contributed by atoms with Gasteiger partial charge in [0.2, 0.25) is 0 Å². The smallest absolute Gasteiger partial charge is 0.413 e. The number of imidazole rings is 1. The Labute approximate surface area is 169 Å². The summed E-state index contributed by atoms with van der Waals surface area (Å²) in [6.07, 6.45) is 5.18. The van der Waals surface area contributed by atoms with Crippen LogP contribution in [0, 0.1) is 6.92 Å². The van der Waals surface area contributed by atoms with Crippen LogP contribution in [0.2, 0.25) is 0 Å². The van der Waals surface area contributed by atoms with Crippen molar-refractivity contribution in [2.45, 2.75) is 58.3 Å². The summed E-state index contributed by atoms with van der Waals surface area (Å²) in [7, 11) is 0. The average molecular weight is 395 g/mol. The molecule has 0 bridgehead atoms. The van der Waals surface area contributed by atoms with Crippen LogP contribution in [0.15, 0.2) is 36.8 Å². The average Bonchev–Trinajstić information content (AvgIpc) is 3.09. The Hall–Kier alpha value is -3.00. The Morgan fingerprint density at radius 3 is 2.72 bits per heavy atom. The maximum absolute atomic E-state index is 12.4. The van der Waals surface area contributed by atoms with Crippen LogP contribution in [-0.4, -0.2) is 43.0 Å². The highest BCUT2D eigenvalue weighted by atomic mass is 16.6. The first-order valence-corrected chi connectivity index (χ1v) is 9.58. The van der Waals surface area contributed by atoms with Crippen LogP contribution >= 0.6 is 0 Å². The molecule has 1 aliphatic heterocycles. The summed E-state index contributed by atoms with van der Waals surface area (Å²) in [4.78, 5) is 16.9. The second-order valence-corrected chi connectivity index (χ2v) is 8.58. The molecule has 1 atom stereocenters. The lowest BCUT2D eigenvalue weighted by molar-refractivity contribution is -0.0893. The number of aryl methyl sites for hydroxylation is 1. The van der Waals surface area contributed by atoms with E-state index < -0.39 is 11.7 Å². The minimum absolute atomic E-state index is 0.325. The summed E-state index contributed by atoms with van der Waals surface area (Å²) in [5.74, 6) is 0.423. The number of hydrogen-bond acceptors (Lipinski definition) is 6. The summed E-state index contributed by atoms with van der Waals surface area (Å²) in [5, 5.41) is 10.7. The number of aromatic nitrogens is 4. The van der Waals surface area contributed by atoms with Gasteiger partial charge in [0.1, 0.15) is 17.4 Å². The highest BCUT2D eigenvalue weighted by Crippen LogP contribution is 2.39. The molecule has 1 unspecified atom stereocenters. The van der Waals surface area contributed by atoms with Gasteiger partial charge in [-0.15, -0.1) is 0 Å². The van der Waals surface area contributed by atoms with Gasteiger partial charge in [0.25, 0.3) is 0 Å². The van der Waals surface area contributed by atoms with Crippen molar-refractivity contribution < 1.29 is 14.3 Å². The van der Waals surface area contributed by atoms with Crippen molar-refractivity contribution in [1.29, 1.82) is 0 Å². The highest BCUT2D eigenvalue weighted by Gasteiger charge is 2.48. The third-order valence-electron chi connectivity index (χ3n) is 5.03. The van der Waals surface area contributed by atoms with Crippen molar-refractivity contribution in [2.24, 2.45) is 0 Å². The van der Waals surface area contributed by atoms with Gasteiger partial charge >= 0.3 is 6.09 Å². The second kappa shape index (κ2) is 6.81. The zero-order valence-corrected chi connectivity index (χ0v) is 17.3. The van der Waals surface area contributed by atoms with Gasteiger partial charge < -0.3 is 13.9 Å². The molecule has 0 aromatic carbocycles.